The van der Waals surface area contributed by atoms with E-state index < -0.39 is 48.3 Å². The Balaban J connectivity index is 0.00000676. The quantitative estimate of drug-likeness (QED) is 0.300. The summed E-state index contributed by atoms with van der Waals surface area (Å²) >= 11 is 0. The standard InChI is InChI=1S/C16H16O10.Na.H/c1-2-25-13(20)9-3-5-10(6-4-9)14(21)26-12(19)8-16(24,15(22)23)7-11(17)18;;/h3-6,24H,2,7-8H2,1H3,(H,17,18)(H,22,23);;. The summed E-state index contributed by atoms with van der Waals surface area (Å²) in [7, 11) is 0. The van der Waals surface area contributed by atoms with Crippen LogP contribution in [-0.2, 0) is 23.9 Å². The van der Waals surface area contributed by atoms with Crippen molar-refractivity contribution in [2.75, 3.05) is 6.61 Å². The molecule has 27 heavy (non-hydrogen) atoms. The molecule has 1 unspecified atom stereocenters. The summed E-state index contributed by atoms with van der Waals surface area (Å²) in [6.07, 6.45) is -2.48. The first-order valence-corrected chi connectivity index (χ1v) is 7.29. The van der Waals surface area contributed by atoms with Crippen LogP contribution in [0.4, 0.5) is 0 Å². The Labute approximate surface area is 175 Å². The number of benzene rings is 1. The third-order valence-corrected chi connectivity index (χ3v) is 3.12. The average molecular weight is 392 g/mol. The van der Waals surface area contributed by atoms with Gasteiger partial charge in [-0.15, -0.1) is 0 Å². The van der Waals surface area contributed by atoms with Crippen LogP contribution in [-0.4, -0.2) is 86.9 Å². The summed E-state index contributed by atoms with van der Waals surface area (Å²) in [5, 5.41) is 27.2. The molecular formula is C16H17NaO10. The summed E-state index contributed by atoms with van der Waals surface area (Å²) in [6, 6.07) is 4.89. The van der Waals surface area contributed by atoms with Crippen molar-refractivity contribution in [3.05, 3.63) is 35.4 Å². The van der Waals surface area contributed by atoms with Gasteiger partial charge < -0.3 is 24.8 Å². The predicted octanol–water partition coefficient (Wildman–Crippen LogP) is -0.421. The van der Waals surface area contributed by atoms with Crippen LogP contribution in [0.3, 0.4) is 0 Å². The molecule has 0 aliphatic carbocycles. The Morgan fingerprint density at radius 3 is 1.81 bits per heavy atom. The van der Waals surface area contributed by atoms with Gasteiger partial charge in [-0.3, -0.25) is 9.59 Å². The van der Waals surface area contributed by atoms with Crippen molar-refractivity contribution in [1.82, 2.24) is 0 Å². The second kappa shape index (κ2) is 10.8. The van der Waals surface area contributed by atoms with E-state index in [1.165, 1.54) is 24.3 Å². The SMILES string of the molecule is CCOC(=O)c1ccc(C(=O)OC(=O)CC(O)(CC(=O)O)C(=O)O)cc1.[NaH]. The maximum absolute atomic E-state index is 11.8. The van der Waals surface area contributed by atoms with E-state index in [0.29, 0.717) is 0 Å². The van der Waals surface area contributed by atoms with Crippen LogP contribution < -0.4 is 0 Å². The molecule has 0 heterocycles. The number of aliphatic carboxylic acids is 2. The zero-order chi connectivity index (χ0) is 19.9. The normalized spacial score (nSPS) is 12.1. The molecule has 0 saturated heterocycles. The molecule has 0 radical (unpaired) electrons. The molecule has 0 aliphatic heterocycles. The van der Waals surface area contributed by atoms with Gasteiger partial charge in [-0.2, -0.15) is 0 Å². The van der Waals surface area contributed by atoms with Gasteiger partial charge in [-0.05, 0) is 31.2 Å². The van der Waals surface area contributed by atoms with Gasteiger partial charge in [0.15, 0.2) is 5.60 Å². The minimum atomic E-state index is -2.91. The van der Waals surface area contributed by atoms with Gasteiger partial charge in [-0.1, -0.05) is 0 Å². The molecule has 3 N–H and O–H groups in total. The molecule has 1 aromatic carbocycles. The van der Waals surface area contributed by atoms with Crippen LogP contribution in [0.15, 0.2) is 24.3 Å². The molecule has 0 aliphatic rings. The summed E-state index contributed by atoms with van der Waals surface area (Å²) in [4.78, 5) is 56.5. The number of hydrogen-bond donors (Lipinski definition) is 3. The van der Waals surface area contributed by atoms with Crippen LogP contribution in [0.25, 0.3) is 0 Å². The predicted molar refractivity (Wildman–Crippen MR) is 89.4 cm³/mol. The van der Waals surface area contributed by atoms with Crippen molar-refractivity contribution < 1.29 is 48.8 Å². The van der Waals surface area contributed by atoms with Gasteiger partial charge in [0, 0.05) is 0 Å². The second-order valence-corrected chi connectivity index (χ2v) is 5.14. The molecule has 0 amide bonds. The van der Waals surface area contributed by atoms with E-state index >= 15 is 0 Å². The zero-order valence-electron chi connectivity index (χ0n) is 13.6. The zero-order valence-corrected chi connectivity index (χ0v) is 13.6. The van der Waals surface area contributed by atoms with E-state index in [0.717, 1.165) is 0 Å². The van der Waals surface area contributed by atoms with E-state index in [1.54, 1.807) is 6.92 Å². The first-order chi connectivity index (χ1) is 12.1. The molecule has 11 heteroatoms. The molecule has 1 rings (SSSR count). The van der Waals surface area contributed by atoms with Crippen molar-refractivity contribution in [3.63, 3.8) is 0 Å². The number of carbonyl (C=O) groups excluding carboxylic acids is 3. The van der Waals surface area contributed by atoms with Gasteiger partial charge >= 0.3 is 59.4 Å². The number of rotatable bonds is 8. The fraction of sp³-hybridized carbons (Fsp3) is 0.312. The Morgan fingerprint density at radius 2 is 1.41 bits per heavy atom. The van der Waals surface area contributed by atoms with Gasteiger partial charge in [0.2, 0.25) is 0 Å². The molecule has 0 fully saturated rings. The van der Waals surface area contributed by atoms with Crippen molar-refractivity contribution in [2.45, 2.75) is 25.4 Å². The summed E-state index contributed by atoms with van der Waals surface area (Å²) in [6.45, 7) is 1.79. The Hall–Kier alpha value is -2.27. The van der Waals surface area contributed by atoms with Crippen molar-refractivity contribution >= 4 is 59.4 Å². The number of aliphatic hydroxyl groups is 1. The topological polar surface area (TPSA) is 165 Å². The summed E-state index contributed by atoms with van der Waals surface area (Å²) < 4.78 is 9.16. The fourth-order valence-corrected chi connectivity index (χ4v) is 1.86. The number of hydrogen-bond acceptors (Lipinski definition) is 8. The van der Waals surface area contributed by atoms with Gasteiger partial charge in [0.25, 0.3) is 0 Å². The first-order valence-electron chi connectivity index (χ1n) is 7.29. The van der Waals surface area contributed by atoms with Crippen LogP contribution in [0.5, 0.6) is 0 Å². The summed E-state index contributed by atoms with van der Waals surface area (Å²) in [5.41, 5.74) is -2.86. The van der Waals surface area contributed by atoms with E-state index in [4.69, 9.17) is 14.9 Å². The Bertz CT molecular complexity index is 727. The number of carboxylic acid groups (broad SMARTS) is 2. The van der Waals surface area contributed by atoms with E-state index in [1.807, 2.05) is 0 Å². The van der Waals surface area contributed by atoms with Gasteiger partial charge in [0.1, 0.15) is 0 Å². The summed E-state index contributed by atoms with van der Waals surface area (Å²) in [5.74, 6) is -6.78. The number of carbonyl (C=O) groups is 5. The van der Waals surface area contributed by atoms with E-state index in [-0.39, 0.29) is 47.3 Å². The van der Waals surface area contributed by atoms with E-state index in [2.05, 4.69) is 4.74 Å². The number of ether oxygens (including phenoxy) is 2. The van der Waals surface area contributed by atoms with Crippen molar-refractivity contribution in [2.24, 2.45) is 0 Å². The van der Waals surface area contributed by atoms with Gasteiger partial charge in [-0.25, -0.2) is 14.4 Å². The molecular weight excluding hydrogens is 375 g/mol. The van der Waals surface area contributed by atoms with Crippen LogP contribution in [0.2, 0.25) is 0 Å². The maximum atomic E-state index is 11.8. The molecule has 10 nitrogen and oxygen atoms in total. The molecule has 0 spiro atoms. The average Bonchev–Trinajstić information content (AvgIpc) is 2.54. The molecule has 1 atom stereocenters. The van der Waals surface area contributed by atoms with Gasteiger partial charge in [0.05, 0.1) is 30.6 Å². The molecule has 0 saturated carbocycles. The molecule has 1 aromatic rings. The van der Waals surface area contributed by atoms with E-state index in [9.17, 15) is 29.1 Å². The first kappa shape index (κ1) is 24.7. The number of esters is 3. The third-order valence-electron chi connectivity index (χ3n) is 3.12. The van der Waals surface area contributed by atoms with Crippen molar-refractivity contribution in [1.29, 1.82) is 0 Å². The van der Waals surface area contributed by atoms with Crippen molar-refractivity contribution in [3.8, 4) is 0 Å². The second-order valence-electron chi connectivity index (χ2n) is 5.14. The third kappa shape index (κ3) is 7.47. The molecule has 0 aromatic heterocycles. The Morgan fingerprint density at radius 1 is 0.926 bits per heavy atom. The number of carboxylic acids is 2. The Kier molecular flexibility index (Phi) is 9.87. The van der Waals surface area contributed by atoms with Crippen LogP contribution >= 0.6 is 0 Å². The van der Waals surface area contributed by atoms with Crippen LogP contribution in [0.1, 0.15) is 40.5 Å². The monoisotopic (exact) mass is 392 g/mol. The fourth-order valence-electron chi connectivity index (χ4n) is 1.86. The van der Waals surface area contributed by atoms with Crippen LogP contribution in [0, 0.1) is 0 Å². The molecule has 0 bridgehead atoms. The minimum absolute atomic E-state index is 0. The molecule has 142 valence electrons.